The summed E-state index contributed by atoms with van der Waals surface area (Å²) >= 11 is 0. The number of benzene rings is 1. The number of nitrogens with two attached hydrogens (primary N) is 1. The lowest BCUT2D eigenvalue weighted by Crippen LogP contribution is -2.29. The molecule has 1 atom stereocenters. The van der Waals surface area contributed by atoms with E-state index in [4.69, 9.17) is 5.84 Å². The zero-order valence-electron chi connectivity index (χ0n) is 11.3. The molecule has 0 saturated carbocycles. The molecule has 3 N–H and O–H groups in total. The molecule has 0 saturated heterocycles. The van der Waals surface area contributed by atoms with Gasteiger partial charge < -0.3 is 4.57 Å². The summed E-state index contributed by atoms with van der Waals surface area (Å²) < 4.78 is 2.03. The van der Waals surface area contributed by atoms with Gasteiger partial charge >= 0.3 is 0 Å². The van der Waals surface area contributed by atoms with Crippen molar-refractivity contribution in [1.29, 1.82) is 0 Å². The second-order valence-corrected chi connectivity index (χ2v) is 4.65. The van der Waals surface area contributed by atoms with Gasteiger partial charge in [0.15, 0.2) is 0 Å². The molecule has 0 bridgehead atoms. The summed E-state index contributed by atoms with van der Waals surface area (Å²) in [7, 11) is 0. The molecule has 3 rings (SSSR count). The van der Waals surface area contributed by atoms with Crippen LogP contribution >= 0.6 is 0 Å². The molecule has 0 amide bonds. The Hall–Kier alpha value is -2.24. The molecular weight excluding hydrogens is 250 g/mol. The van der Waals surface area contributed by atoms with Crippen LogP contribution in [0, 0.1) is 0 Å². The SMILES string of the molecule is CCn1cnc(C(NN)c2cccc3ncccc23)c1. The fraction of sp³-hybridized carbons (Fsp3) is 0.200. The first-order valence-corrected chi connectivity index (χ1v) is 6.65. The summed E-state index contributed by atoms with van der Waals surface area (Å²) in [6.45, 7) is 2.97. The summed E-state index contributed by atoms with van der Waals surface area (Å²) in [5, 5.41) is 1.09. The van der Waals surface area contributed by atoms with E-state index in [0.29, 0.717) is 0 Å². The number of hydrazine groups is 1. The lowest BCUT2D eigenvalue weighted by atomic mass is 10.00. The molecule has 2 aromatic heterocycles. The molecule has 1 aromatic carbocycles. The summed E-state index contributed by atoms with van der Waals surface area (Å²) in [6.07, 6.45) is 5.63. The van der Waals surface area contributed by atoms with Crippen LogP contribution in [0.25, 0.3) is 10.9 Å². The third-order valence-corrected chi connectivity index (χ3v) is 3.47. The predicted octanol–water partition coefficient (Wildman–Crippen LogP) is 2.00. The number of hydrogen-bond donors (Lipinski definition) is 2. The van der Waals surface area contributed by atoms with Crippen LogP contribution in [-0.2, 0) is 6.54 Å². The highest BCUT2D eigenvalue weighted by Gasteiger charge is 2.17. The predicted molar refractivity (Wildman–Crippen MR) is 78.8 cm³/mol. The van der Waals surface area contributed by atoms with E-state index in [2.05, 4.69) is 34.5 Å². The van der Waals surface area contributed by atoms with Gasteiger partial charge in [-0.25, -0.2) is 10.4 Å². The number of pyridine rings is 1. The van der Waals surface area contributed by atoms with Gasteiger partial charge in [-0.15, -0.1) is 0 Å². The first-order valence-electron chi connectivity index (χ1n) is 6.65. The molecule has 102 valence electrons. The lowest BCUT2D eigenvalue weighted by Gasteiger charge is -2.16. The van der Waals surface area contributed by atoms with Crippen molar-refractivity contribution in [3.8, 4) is 0 Å². The van der Waals surface area contributed by atoms with Gasteiger partial charge in [-0.05, 0) is 24.6 Å². The average Bonchev–Trinajstić information content (AvgIpc) is 2.97. The summed E-state index contributed by atoms with van der Waals surface area (Å²) in [5.41, 5.74) is 5.81. The van der Waals surface area contributed by atoms with Crippen LogP contribution in [0.4, 0.5) is 0 Å². The standard InChI is InChI=1S/C15H17N5/c1-2-20-9-14(18-10-20)15(19-16)12-5-3-7-13-11(12)6-4-8-17-13/h3-10,15,19H,2,16H2,1H3. The Morgan fingerprint density at radius 3 is 2.90 bits per heavy atom. The average molecular weight is 267 g/mol. The quantitative estimate of drug-likeness (QED) is 0.560. The Bertz CT molecular complexity index is 714. The highest BCUT2D eigenvalue weighted by molar-refractivity contribution is 5.82. The lowest BCUT2D eigenvalue weighted by molar-refractivity contribution is 0.626. The molecule has 5 heteroatoms. The minimum absolute atomic E-state index is 0.143. The van der Waals surface area contributed by atoms with Crippen LogP contribution < -0.4 is 11.3 Å². The third kappa shape index (κ3) is 2.17. The van der Waals surface area contributed by atoms with Gasteiger partial charge in [0.2, 0.25) is 0 Å². The van der Waals surface area contributed by atoms with Crippen LogP contribution in [0.3, 0.4) is 0 Å². The summed E-state index contributed by atoms with van der Waals surface area (Å²) in [4.78, 5) is 8.82. The Kier molecular flexibility index (Phi) is 3.45. The molecule has 0 aliphatic heterocycles. The largest absolute Gasteiger partial charge is 0.337 e. The molecule has 0 aliphatic rings. The van der Waals surface area contributed by atoms with Gasteiger partial charge in [-0.1, -0.05) is 18.2 Å². The molecule has 0 radical (unpaired) electrons. The van der Waals surface area contributed by atoms with E-state index in [0.717, 1.165) is 28.7 Å². The molecule has 0 spiro atoms. The second kappa shape index (κ2) is 5.40. The molecule has 2 heterocycles. The minimum Gasteiger partial charge on any atom is -0.337 e. The van der Waals surface area contributed by atoms with E-state index in [1.165, 1.54) is 0 Å². The van der Waals surface area contributed by atoms with E-state index in [-0.39, 0.29) is 6.04 Å². The van der Waals surface area contributed by atoms with Crippen molar-refractivity contribution in [3.63, 3.8) is 0 Å². The zero-order valence-corrected chi connectivity index (χ0v) is 11.3. The third-order valence-electron chi connectivity index (χ3n) is 3.47. The number of aromatic nitrogens is 3. The van der Waals surface area contributed by atoms with Gasteiger partial charge in [0.05, 0.1) is 23.6 Å². The molecule has 1 unspecified atom stereocenters. The molecule has 3 aromatic rings. The topological polar surface area (TPSA) is 68.8 Å². The fourth-order valence-corrected chi connectivity index (χ4v) is 2.41. The van der Waals surface area contributed by atoms with E-state index >= 15 is 0 Å². The minimum atomic E-state index is -0.143. The van der Waals surface area contributed by atoms with E-state index in [9.17, 15) is 0 Å². The Morgan fingerprint density at radius 1 is 1.25 bits per heavy atom. The van der Waals surface area contributed by atoms with E-state index < -0.39 is 0 Å². The van der Waals surface area contributed by atoms with Crippen molar-refractivity contribution in [2.45, 2.75) is 19.5 Å². The Labute approximate surface area is 117 Å². The Balaban J connectivity index is 2.11. The van der Waals surface area contributed by atoms with Crippen molar-refractivity contribution in [3.05, 3.63) is 60.3 Å². The summed E-state index contributed by atoms with van der Waals surface area (Å²) in [6, 6.07) is 9.89. The van der Waals surface area contributed by atoms with Gasteiger partial charge in [-0.2, -0.15) is 0 Å². The van der Waals surface area contributed by atoms with Crippen molar-refractivity contribution >= 4 is 10.9 Å². The van der Waals surface area contributed by atoms with E-state index in [1.54, 1.807) is 6.20 Å². The molecule has 5 nitrogen and oxygen atoms in total. The molecule has 20 heavy (non-hydrogen) atoms. The number of aryl methyl sites for hydroxylation is 1. The second-order valence-electron chi connectivity index (χ2n) is 4.65. The van der Waals surface area contributed by atoms with Crippen molar-refractivity contribution < 1.29 is 0 Å². The number of nitrogens with zero attached hydrogens (tertiary/aromatic N) is 3. The van der Waals surface area contributed by atoms with Crippen LogP contribution in [0.2, 0.25) is 0 Å². The summed E-state index contributed by atoms with van der Waals surface area (Å²) in [5.74, 6) is 5.76. The monoisotopic (exact) mass is 267 g/mol. The van der Waals surface area contributed by atoms with Gasteiger partial charge in [0.25, 0.3) is 0 Å². The maximum absolute atomic E-state index is 5.76. The van der Waals surface area contributed by atoms with E-state index in [1.807, 2.05) is 35.3 Å². The number of nitrogens with one attached hydrogen (secondary N) is 1. The maximum Gasteiger partial charge on any atom is 0.0950 e. The van der Waals surface area contributed by atoms with Crippen molar-refractivity contribution in [2.75, 3.05) is 0 Å². The van der Waals surface area contributed by atoms with Crippen LogP contribution in [0.15, 0.2) is 49.1 Å². The number of rotatable bonds is 4. The first-order chi connectivity index (χ1) is 9.83. The van der Waals surface area contributed by atoms with Gasteiger partial charge in [-0.3, -0.25) is 10.8 Å². The number of hydrogen-bond acceptors (Lipinski definition) is 4. The van der Waals surface area contributed by atoms with Gasteiger partial charge in [0.1, 0.15) is 0 Å². The van der Waals surface area contributed by atoms with Gasteiger partial charge in [0, 0.05) is 24.3 Å². The maximum atomic E-state index is 5.76. The normalized spacial score (nSPS) is 12.7. The fourth-order valence-electron chi connectivity index (χ4n) is 2.41. The smallest absolute Gasteiger partial charge is 0.0950 e. The first kappa shape index (κ1) is 12.8. The highest BCUT2D eigenvalue weighted by atomic mass is 15.2. The zero-order chi connectivity index (χ0) is 13.9. The Morgan fingerprint density at radius 2 is 2.15 bits per heavy atom. The molecule has 0 aliphatic carbocycles. The number of fused-ring (bicyclic) bond motifs is 1. The van der Waals surface area contributed by atoms with Crippen LogP contribution in [0.1, 0.15) is 24.2 Å². The van der Waals surface area contributed by atoms with Crippen LogP contribution in [-0.4, -0.2) is 14.5 Å². The van der Waals surface area contributed by atoms with Crippen LogP contribution in [0.5, 0.6) is 0 Å². The number of imidazole rings is 1. The molecular formula is C15H17N5. The van der Waals surface area contributed by atoms with Crippen molar-refractivity contribution in [2.24, 2.45) is 5.84 Å². The highest BCUT2D eigenvalue weighted by Crippen LogP contribution is 2.26. The molecule has 0 fully saturated rings. The van der Waals surface area contributed by atoms with Crippen molar-refractivity contribution in [1.82, 2.24) is 20.0 Å².